The van der Waals surface area contributed by atoms with Crippen molar-refractivity contribution in [3.63, 3.8) is 0 Å². The number of aliphatic carboxylic acids is 1. The summed E-state index contributed by atoms with van der Waals surface area (Å²) in [5.74, 6) is -0.362. The van der Waals surface area contributed by atoms with Gasteiger partial charge < -0.3 is 20.5 Å². The summed E-state index contributed by atoms with van der Waals surface area (Å²) >= 11 is 0. The number of rotatable bonds is 5. The molecular formula is C12H17N3O4. The van der Waals surface area contributed by atoms with Gasteiger partial charge in [-0.2, -0.15) is 0 Å². The zero-order valence-electron chi connectivity index (χ0n) is 11.1. The van der Waals surface area contributed by atoms with Crippen LogP contribution in [0, 0.1) is 13.8 Å². The lowest BCUT2D eigenvalue weighted by molar-refractivity contribution is -0.135. The highest BCUT2D eigenvalue weighted by atomic mass is 16.5. The number of amides is 2. The zero-order chi connectivity index (χ0) is 14.4. The summed E-state index contributed by atoms with van der Waals surface area (Å²) in [5, 5.41) is 13.2. The average Bonchev–Trinajstić information content (AvgIpc) is 2.36. The lowest BCUT2D eigenvalue weighted by Crippen LogP contribution is -2.38. The first-order valence-electron chi connectivity index (χ1n) is 5.68. The lowest BCUT2D eigenvalue weighted by atomic mass is 10.1. The van der Waals surface area contributed by atoms with Gasteiger partial charge in [-0.1, -0.05) is 0 Å². The highest BCUT2D eigenvalue weighted by Crippen LogP contribution is 2.23. The molecule has 0 aliphatic heterocycles. The first kappa shape index (κ1) is 14.7. The van der Waals surface area contributed by atoms with Gasteiger partial charge in [-0.25, -0.2) is 4.79 Å². The van der Waals surface area contributed by atoms with Gasteiger partial charge in [-0.15, -0.1) is 0 Å². The van der Waals surface area contributed by atoms with Crippen molar-refractivity contribution in [1.82, 2.24) is 15.6 Å². The maximum Gasteiger partial charge on any atom is 0.323 e. The Morgan fingerprint density at radius 1 is 1.37 bits per heavy atom. The van der Waals surface area contributed by atoms with E-state index < -0.39 is 18.5 Å². The van der Waals surface area contributed by atoms with Crippen LogP contribution in [0.5, 0.6) is 5.75 Å². The Balaban J connectivity index is 2.63. The number of aromatic nitrogens is 1. The molecule has 0 unspecified atom stereocenters. The average molecular weight is 267 g/mol. The van der Waals surface area contributed by atoms with E-state index in [0.717, 1.165) is 16.9 Å². The van der Waals surface area contributed by atoms with E-state index >= 15 is 0 Å². The number of carbonyl (C=O) groups excluding carboxylic acids is 1. The number of aryl methyl sites for hydroxylation is 1. The van der Waals surface area contributed by atoms with Crippen LogP contribution in [0.15, 0.2) is 6.20 Å². The third kappa shape index (κ3) is 4.13. The summed E-state index contributed by atoms with van der Waals surface area (Å²) in [6.07, 6.45) is 1.66. The summed E-state index contributed by atoms with van der Waals surface area (Å²) in [6, 6.07) is -0.553. The van der Waals surface area contributed by atoms with Crippen molar-refractivity contribution in [2.45, 2.75) is 20.4 Å². The SMILES string of the molecule is COc1c(C)cnc(CNC(=O)NCC(=O)O)c1C. The smallest absolute Gasteiger partial charge is 0.323 e. The van der Waals surface area contributed by atoms with Gasteiger partial charge in [0.25, 0.3) is 0 Å². The molecule has 0 aromatic carbocycles. The van der Waals surface area contributed by atoms with E-state index in [1.807, 2.05) is 13.8 Å². The summed E-state index contributed by atoms with van der Waals surface area (Å²) in [4.78, 5) is 25.8. The molecule has 0 atom stereocenters. The monoisotopic (exact) mass is 267 g/mol. The molecule has 0 saturated heterocycles. The summed E-state index contributed by atoms with van der Waals surface area (Å²) in [6.45, 7) is 3.52. The second-order valence-corrected chi connectivity index (χ2v) is 3.98. The molecule has 7 heteroatoms. The molecule has 19 heavy (non-hydrogen) atoms. The number of nitrogens with one attached hydrogen (secondary N) is 2. The topological polar surface area (TPSA) is 101 Å². The van der Waals surface area contributed by atoms with E-state index in [-0.39, 0.29) is 6.54 Å². The van der Waals surface area contributed by atoms with Crippen molar-refractivity contribution in [3.05, 3.63) is 23.0 Å². The first-order valence-corrected chi connectivity index (χ1v) is 5.68. The molecule has 7 nitrogen and oxygen atoms in total. The van der Waals surface area contributed by atoms with Gasteiger partial charge in [0.1, 0.15) is 12.3 Å². The second kappa shape index (κ2) is 6.58. The van der Waals surface area contributed by atoms with Crippen molar-refractivity contribution in [1.29, 1.82) is 0 Å². The number of carbonyl (C=O) groups is 2. The third-order valence-corrected chi connectivity index (χ3v) is 2.57. The Hall–Kier alpha value is -2.31. The van der Waals surface area contributed by atoms with Crippen molar-refractivity contribution in [2.24, 2.45) is 0 Å². The minimum atomic E-state index is -1.10. The van der Waals surface area contributed by atoms with Gasteiger partial charge in [0.05, 0.1) is 19.3 Å². The fourth-order valence-corrected chi connectivity index (χ4v) is 1.63. The Kier molecular flexibility index (Phi) is 5.11. The van der Waals surface area contributed by atoms with Crippen LogP contribution in [0.4, 0.5) is 4.79 Å². The molecule has 0 radical (unpaired) electrons. The van der Waals surface area contributed by atoms with Gasteiger partial charge in [-0.05, 0) is 13.8 Å². The van der Waals surface area contributed by atoms with E-state index in [4.69, 9.17) is 9.84 Å². The number of carboxylic acids is 1. The van der Waals surface area contributed by atoms with Crippen molar-refractivity contribution in [2.75, 3.05) is 13.7 Å². The van der Waals surface area contributed by atoms with Crippen molar-refractivity contribution in [3.8, 4) is 5.75 Å². The Bertz CT molecular complexity index is 488. The molecule has 0 aliphatic rings. The Morgan fingerprint density at radius 3 is 2.63 bits per heavy atom. The van der Waals surface area contributed by atoms with Gasteiger partial charge in [0, 0.05) is 17.3 Å². The molecule has 1 heterocycles. The minimum Gasteiger partial charge on any atom is -0.496 e. The predicted octanol–water partition coefficient (Wildman–Crippen LogP) is 0.591. The fourth-order valence-electron chi connectivity index (χ4n) is 1.63. The molecule has 1 aromatic rings. The summed E-state index contributed by atoms with van der Waals surface area (Å²) < 4.78 is 5.26. The molecule has 3 N–H and O–H groups in total. The molecule has 0 bridgehead atoms. The van der Waals surface area contributed by atoms with Gasteiger partial charge in [0.2, 0.25) is 0 Å². The predicted molar refractivity (Wildman–Crippen MR) is 68.1 cm³/mol. The van der Waals surface area contributed by atoms with E-state index in [1.165, 1.54) is 0 Å². The van der Waals surface area contributed by atoms with E-state index in [0.29, 0.717) is 5.69 Å². The third-order valence-electron chi connectivity index (χ3n) is 2.57. The highest BCUT2D eigenvalue weighted by Gasteiger charge is 2.10. The van der Waals surface area contributed by atoms with Gasteiger partial charge >= 0.3 is 12.0 Å². The molecule has 1 aromatic heterocycles. The van der Waals surface area contributed by atoms with Crippen LogP contribution >= 0.6 is 0 Å². The largest absolute Gasteiger partial charge is 0.496 e. The number of hydrogen-bond acceptors (Lipinski definition) is 4. The van der Waals surface area contributed by atoms with E-state index in [1.54, 1.807) is 13.3 Å². The zero-order valence-corrected chi connectivity index (χ0v) is 11.1. The number of pyridine rings is 1. The van der Waals surface area contributed by atoms with Crippen LogP contribution in [0.25, 0.3) is 0 Å². The molecule has 2 amide bonds. The molecule has 104 valence electrons. The van der Waals surface area contributed by atoms with Crippen LogP contribution in [0.2, 0.25) is 0 Å². The minimum absolute atomic E-state index is 0.202. The van der Waals surface area contributed by atoms with Crippen LogP contribution < -0.4 is 15.4 Å². The van der Waals surface area contributed by atoms with Crippen molar-refractivity contribution >= 4 is 12.0 Å². The summed E-state index contributed by atoms with van der Waals surface area (Å²) in [5.41, 5.74) is 2.44. The molecule has 0 fully saturated rings. The maximum atomic E-state index is 11.3. The molecule has 0 spiro atoms. The van der Waals surface area contributed by atoms with Crippen LogP contribution in [-0.2, 0) is 11.3 Å². The first-order chi connectivity index (χ1) is 8.95. The molecule has 0 aliphatic carbocycles. The summed E-state index contributed by atoms with van der Waals surface area (Å²) in [7, 11) is 1.58. The Morgan fingerprint density at radius 2 is 2.05 bits per heavy atom. The lowest BCUT2D eigenvalue weighted by Gasteiger charge is -2.12. The quantitative estimate of drug-likeness (QED) is 0.725. The number of nitrogens with zero attached hydrogens (tertiary/aromatic N) is 1. The number of methoxy groups -OCH3 is 1. The number of hydrogen-bond donors (Lipinski definition) is 3. The molecule has 1 rings (SSSR count). The van der Waals surface area contributed by atoms with E-state index in [9.17, 15) is 9.59 Å². The van der Waals surface area contributed by atoms with Gasteiger partial charge in [0.15, 0.2) is 0 Å². The Labute approximate surface area is 111 Å². The van der Waals surface area contributed by atoms with E-state index in [2.05, 4.69) is 15.6 Å². The normalized spacial score (nSPS) is 9.84. The molecular weight excluding hydrogens is 250 g/mol. The fraction of sp³-hybridized carbons (Fsp3) is 0.417. The van der Waals surface area contributed by atoms with Crippen LogP contribution in [-0.4, -0.2) is 35.7 Å². The number of ether oxygens (including phenoxy) is 1. The maximum absolute atomic E-state index is 11.3. The van der Waals surface area contributed by atoms with Gasteiger partial charge in [-0.3, -0.25) is 9.78 Å². The van der Waals surface area contributed by atoms with Crippen LogP contribution in [0.3, 0.4) is 0 Å². The highest BCUT2D eigenvalue weighted by molar-refractivity contribution is 5.79. The van der Waals surface area contributed by atoms with Crippen molar-refractivity contribution < 1.29 is 19.4 Å². The molecule has 0 saturated carbocycles. The second-order valence-electron chi connectivity index (χ2n) is 3.98. The van der Waals surface area contributed by atoms with Crippen LogP contribution in [0.1, 0.15) is 16.8 Å². The standard InChI is InChI=1S/C12H17N3O4/c1-7-4-13-9(8(2)11(7)19-3)5-14-12(18)15-6-10(16)17/h4H,5-6H2,1-3H3,(H,16,17)(H2,14,15,18). The number of urea groups is 1. The number of carboxylic acid groups (broad SMARTS) is 1.